The Labute approximate surface area is 140 Å². The van der Waals surface area contributed by atoms with Gasteiger partial charge in [0.15, 0.2) is 6.26 Å². The second kappa shape index (κ2) is 15.4. The van der Waals surface area contributed by atoms with E-state index < -0.39 is 17.9 Å². The minimum absolute atomic E-state index is 0.257. The molecule has 0 amide bonds. The van der Waals surface area contributed by atoms with Crippen molar-refractivity contribution in [1.82, 2.24) is 0 Å². The fraction of sp³-hybridized carbons (Fsp3) is 0.778. The molecule has 23 heavy (non-hydrogen) atoms. The van der Waals surface area contributed by atoms with Gasteiger partial charge in [-0.15, -0.1) is 0 Å². The number of hydrogen-bond acceptors (Lipinski definition) is 5. The Kier molecular flexibility index (Phi) is 14.4. The van der Waals surface area contributed by atoms with Crippen LogP contribution >= 0.6 is 0 Å². The lowest BCUT2D eigenvalue weighted by Gasteiger charge is -2.04. The van der Waals surface area contributed by atoms with E-state index in [1.165, 1.54) is 6.42 Å². The van der Waals surface area contributed by atoms with E-state index in [2.05, 4.69) is 18.6 Å². The number of aliphatic hydroxyl groups is 1. The lowest BCUT2D eigenvalue weighted by atomic mass is 10.1. The molecule has 0 atom stereocenters. The zero-order chi connectivity index (χ0) is 17.3. The molecular weight excluding hydrogens is 296 g/mol. The van der Waals surface area contributed by atoms with E-state index in [1.54, 1.807) is 0 Å². The molecule has 0 unspecified atom stereocenters. The van der Waals surface area contributed by atoms with Gasteiger partial charge in [0.05, 0.1) is 0 Å². The summed E-state index contributed by atoms with van der Waals surface area (Å²) in [6.45, 7) is 4.26. The summed E-state index contributed by atoms with van der Waals surface area (Å²) in [5, 5.41) is 9.39. The van der Waals surface area contributed by atoms with Gasteiger partial charge < -0.3 is 14.6 Å². The van der Waals surface area contributed by atoms with Crippen molar-refractivity contribution in [3.05, 3.63) is 12.2 Å². The first-order valence-electron chi connectivity index (χ1n) is 8.89. The molecule has 0 radical (unpaired) electrons. The predicted molar refractivity (Wildman–Crippen MR) is 89.6 cm³/mol. The lowest BCUT2D eigenvalue weighted by molar-refractivity contribution is -0.146. The number of hydrogen-bond donors (Lipinski definition) is 1. The van der Waals surface area contributed by atoms with Crippen molar-refractivity contribution in [1.29, 1.82) is 0 Å². The fourth-order valence-electron chi connectivity index (χ4n) is 2.11. The molecule has 5 heteroatoms. The van der Waals surface area contributed by atoms with Gasteiger partial charge in [0.2, 0.25) is 0 Å². The van der Waals surface area contributed by atoms with Crippen LogP contribution in [0.2, 0.25) is 0 Å². The average Bonchev–Trinajstić information content (AvgIpc) is 2.52. The van der Waals surface area contributed by atoms with E-state index in [0.717, 1.165) is 64.0 Å². The van der Waals surface area contributed by atoms with Crippen LogP contribution in [0.25, 0.3) is 0 Å². The third kappa shape index (κ3) is 15.2. The van der Waals surface area contributed by atoms with Gasteiger partial charge in [-0.3, -0.25) is 9.59 Å². The van der Waals surface area contributed by atoms with Gasteiger partial charge >= 0.3 is 17.9 Å². The van der Waals surface area contributed by atoms with Crippen molar-refractivity contribution in [2.45, 2.75) is 90.9 Å². The van der Waals surface area contributed by atoms with Gasteiger partial charge in [-0.1, -0.05) is 65.2 Å². The van der Waals surface area contributed by atoms with Gasteiger partial charge in [-0.25, -0.2) is 0 Å². The molecule has 0 aromatic carbocycles. The summed E-state index contributed by atoms with van der Waals surface area (Å²) >= 11 is 0. The Bertz CT molecular complexity index is 349. The summed E-state index contributed by atoms with van der Waals surface area (Å²) in [5.41, 5.74) is 0. The molecule has 0 rings (SSSR count). The molecule has 0 aliphatic rings. The van der Waals surface area contributed by atoms with Crippen LogP contribution in [0, 0.1) is 0 Å². The largest absolute Gasteiger partial charge is 0.478 e. The van der Waals surface area contributed by atoms with Gasteiger partial charge in [-0.05, 0) is 12.8 Å². The first kappa shape index (κ1) is 21.5. The molecule has 1 N–H and O–H groups in total. The van der Waals surface area contributed by atoms with Crippen LogP contribution < -0.4 is 0 Å². The number of carbonyl (C=O) groups excluding carboxylic acids is 2. The van der Waals surface area contributed by atoms with Gasteiger partial charge in [0.1, 0.15) is 0 Å². The molecule has 0 saturated heterocycles. The topological polar surface area (TPSA) is 72.8 Å². The van der Waals surface area contributed by atoms with Crippen LogP contribution in [-0.2, 0) is 19.1 Å². The van der Waals surface area contributed by atoms with Crippen molar-refractivity contribution in [3.63, 3.8) is 0 Å². The summed E-state index contributed by atoms with van der Waals surface area (Å²) in [7, 11) is 0. The first-order chi connectivity index (χ1) is 11.1. The Morgan fingerprint density at radius 3 is 1.78 bits per heavy atom. The van der Waals surface area contributed by atoms with Crippen molar-refractivity contribution < 1.29 is 24.2 Å². The van der Waals surface area contributed by atoms with Crippen molar-refractivity contribution in [3.8, 4) is 0 Å². The SMILES string of the molecule is CCCCCCCC(=O)O/C=C(\O)OC(=O)CCCCCCC. The Morgan fingerprint density at radius 1 is 0.783 bits per heavy atom. The van der Waals surface area contributed by atoms with E-state index in [-0.39, 0.29) is 6.42 Å². The Balaban J connectivity index is 3.71. The Morgan fingerprint density at radius 2 is 1.26 bits per heavy atom. The number of aliphatic hydroxyl groups excluding tert-OH is 1. The number of rotatable bonds is 14. The summed E-state index contributed by atoms with van der Waals surface area (Å²) in [6.07, 6.45) is 11.7. The van der Waals surface area contributed by atoms with Crippen LogP contribution in [0.1, 0.15) is 90.9 Å². The van der Waals surface area contributed by atoms with E-state index in [9.17, 15) is 14.7 Å². The summed E-state index contributed by atoms with van der Waals surface area (Å²) in [6, 6.07) is 0. The monoisotopic (exact) mass is 328 g/mol. The second-order valence-electron chi connectivity index (χ2n) is 5.75. The summed E-state index contributed by atoms with van der Waals surface area (Å²) in [4.78, 5) is 22.9. The van der Waals surface area contributed by atoms with Crippen LogP contribution in [-0.4, -0.2) is 17.0 Å². The molecule has 0 aromatic rings. The second-order valence-corrected chi connectivity index (χ2v) is 5.75. The first-order valence-corrected chi connectivity index (χ1v) is 8.89. The minimum atomic E-state index is -0.664. The number of ether oxygens (including phenoxy) is 2. The normalized spacial score (nSPS) is 11.3. The maximum absolute atomic E-state index is 11.4. The van der Waals surface area contributed by atoms with Crippen molar-refractivity contribution in [2.75, 3.05) is 0 Å². The fourth-order valence-corrected chi connectivity index (χ4v) is 2.11. The molecule has 0 aliphatic carbocycles. The summed E-state index contributed by atoms with van der Waals surface area (Å²) < 4.78 is 9.41. The third-order valence-electron chi connectivity index (χ3n) is 3.48. The molecular formula is C18H32O5. The number of carbonyl (C=O) groups is 2. The van der Waals surface area contributed by atoms with E-state index in [0.29, 0.717) is 6.42 Å². The lowest BCUT2D eigenvalue weighted by Crippen LogP contribution is -2.06. The predicted octanol–water partition coefficient (Wildman–Crippen LogP) is 5.15. The maximum atomic E-state index is 11.4. The molecule has 5 nitrogen and oxygen atoms in total. The molecule has 0 fully saturated rings. The zero-order valence-corrected chi connectivity index (χ0v) is 14.6. The quantitative estimate of drug-likeness (QED) is 0.271. The van der Waals surface area contributed by atoms with Crippen LogP contribution in [0.15, 0.2) is 12.2 Å². The van der Waals surface area contributed by atoms with Crippen molar-refractivity contribution in [2.24, 2.45) is 0 Å². The third-order valence-corrected chi connectivity index (χ3v) is 3.48. The summed E-state index contributed by atoms with van der Waals surface area (Å²) in [5.74, 6) is -1.60. The van der Waals surface area contributed by atoms with Gasteiger partial charge in [0.25, 0.3) is 0 Å². The highest BCUT2D eigenvalue weighted by molar-refractivity contribution is 5.71. The molecule has 0 aliphatic heterocycles. The highest BCUT2D eigenvalue weighted by Crippen LogP contribution is 2.08. The highest BCUT2D eigenvalue weighted by Gasteiger charge is 2.08. The highest BCUT2D eigenvalue weighted by atomic mass is 16.6. The zero-order valence-electron chi connectivity index (χ0n) is 14.6. The average molecular weight is 328 g/mol. The van der Waals surface area contributed by atoms with Crippen LogP contribution in [0.5, 0.6) is 0 Å². The number of unbranched alkanes of at least 4 members (excludes halogenated alkanes) is 8. The molecule has 0 aromatic heterocycles. The van der Waals surface area contributed by atoms with E-state index >= 15 is 0 Å². The minimum Gasteiger partial charge on any atom is -0.478 e. The number of esters is 2. The maximum Gasteiger partial charge on any atom is 0.321 e. The molecule has 0 heterocycles. The van der Waals surface area contributed by atoms with Crippen LogP contribution in [0.3, 0.4) is 0 Å². The van der Waals surface area contributed by atoms with Gasteiger partial charge in [-0.2, -0.15) is 0 Å². The molecule has 134 valence electrons. The molecule has 0 bridgehead atoms. The smallest absolute Gasteiger partial charge is 0.321 e. The van der Waals surface area contributed by atoms with E-state index in [1.807, 2.05) is 0 Å². The van der Waals surface area contributed by atoms with Gasteiger partial charge in [0, 0.05) is 12.8 Å². The standard InChI is InChI=1S/C18H32O5/c1-3-5-7-9-11-13-16(19)22-15-18(21)23-17(20)14-12-10-8-6-4-2/h15,21H,3-14H2,1-2H3/b18-15+. The Hall–Kier alpha value is -1.52. The van der Waals surface area contributed by atoms with Crippen LogP contribution in [0.4, 0.5) is 0 Å². The molecule has 0 saturated carbocycles. The van der Waals surface area contributed by atoms with Crippen molar-refractivity contribution >= 4 is 11.9 Å². The molecule has 0 spiro atoms. The van der Waals surface area contributed by atoms with E-state index in [4.69, 9.17) is 4.74 Å².